The summed E-state index contributed by atoms with van der Waals surface area (Å²) < 4.78 is 0. The minimum Gasteiger partial charge on any atom is -0.314 e. The molecule has 1 heterocycles. The zero-order valence-electron chi connectivity index (χ0n) is 11.9. The van der Waals surface area contributed by atoms with Gasteiger partial charge >= 0.3 is 0 Å². The Kier molecular flexibility index (Phi) is 4.79. The van der Waals surface area contributed by atoms with Gasteiger partial charge in [-0.3, -0.25) is 4.90 Å². The molecule has 0 aromatic heterocycles. The van der Waals surface area contributed by atoms with Gasteiger partial charge in [0, 0.05) is 18.6 Å². The Labute approximate surface area is 111 Å². The Morgan fingerprint density at radius 1 is 1.28 bits per heavy atom. The number of nitrogens with zero attached hydrogens (tertiary/aromatic N) is 1. The van der Waals surface area contributed by atoms with E-state index in [1.54, 1.807) is 0 Å². The fourth-order valence-corrected chi connectivity index (χ4v) is 3.01. The van der Waals surface area contributed by atoms with Gasteiger partial charge in [-0.15, -0.1) is 0 Å². The van der Waals surface area contributed by atoms with E-state index >= 15 is 0 Å². The van der Waals surface area contributed by atoms with Crippen molar-refractivity contribution in [2.75, 3.05) is 19.6 Å². The molecule has 0 saturated carbocycles. The molecule has 1 aromatic carbocycles. The Balaban J connectivity index is 1.92. The Hall–Kier alpha value is -0.860. The van der Waals surface area contributed by atoms with E-state index in [1.165, 1.54) is 25.1 Å². The molecule has 18 heavy (non-hydrogen) atoms. The van der Waals surface area contributed by atoms with Crippen molar-refractivity contribution >= 4 is 0 Å². The van der Waals surface area contributed by atoms with E-state index in [-0.39, 0.29) is 0 Å². The fourth-order valence-electron chi connectivity index (χ4n) is 3.01. The number of hydrogen-bond donors (Lipinski definition) is 1. The molecular weight excluding hydrogens is 220 g/mol. The molecule has 0 aliphatic carbocycles. The van der Waals surface area contributed by atoms with E-state index < -0.39 is 0 Å². The minimum absolute atomic E-state index is 0.546. The number of hydrogen-bond acceptors (Lipinski definition) is 2. The average molecular weight is 246 g/mol. The molecule has 1 fully saturated rings. The van der Waals surface area contributed by atoms with Crippen LogP contribution in [0.2, 0.25) is 0 Å². The normalized spacial score (nSPS) is 24.1. The molecule has 0 bridgehead atoms. The van der Waals surface area contributed by atoms with Crippen LogP contribution < -0.4 is 5.32 Å². The van der Waals surface area contributed by atoms with E-state index in [0.717, 1.165) is 12.5 Å². The zero-order valence-corrected chi connectivity index (χ0v) is 11.9. The highest BCUT2D eigenvalue weighted by Gasteiger charge is 2.29. The first kappa shape index (κ1) is 13.6. The van der Waals surface area contributed by atoms with Crippen molar-refractivity contribution in [1.82, 2.24) is 10.2 Å². The fraction of sp³-hybridized carbons (Fsp3) is 0.625. The highest BCUT2D eigenvalue weighted by Crippen LogP contribution is 2.28. The van der Waals surface area contributed by atoms with Crippen molar-refractivity contribution < 1.29 is 0 Å². The molecule has 0 unspecified atom stereocenters. The van der Waals surface area contributed by atoms with Gasteiger partial charge in [-0.05, 0) is 44.8 Å². The number of rotatable bonds is 5. The van der Waals surface area contributed by atoms with Gasteiger partial charge in [-0.25, -0.2) is 0 Å². The van der Waals surface area contributed by atoms with Crippen LogP contribution >= 0.6 is 0 Å². The number of likely N-dealkylation sites (tertiary alicyclic amines) is 1. The third-order valence-electron chi connectivity index (χ3n) is 4.32. The molecule has 0 amide bonds. The van der Waals surface area contributed by atoms with Gasteiger partial charge < -0.3 is 5.32 Å². The highest BCUT2D eigenvalue weighted by atomic mass is 15.2. The molecule has 1 aliphatic heterocycles. The lowest BCUT2D eigenvalue weighted by molar-refractivity contribution is 0.243. The Morgan fingerprint density at radius 2 is 2.00 bits per heavy atom. The topological polar surface area (TPSA) is 15.3 Å². The van der Waals surface area contributed by atoms with Crippen LogP contribution in [0.25, 0.3) is 0 Å². The average Bonchev–Trinajstić information content (AvgIpc) is 2.89. The SMILES string of the molecule is CCN[C@H](C)[C@H]1CCN([C@@H](C)c2ccccc2)C1. The molecule has 2 rings (SSSR count). The van der Waals surface area contributed by atoms with E-state index in [9.17, 15) is 0 Å². The van der Waals surface area contributed by atoms with Crippen molar-refractivity contribution in [1.29, 1.82) is 0 Å². The summed E-state index contributed by atoms with van der Waals surface area (Å²) in [7, 11) is 0. The molecule has 0 radical (unpaired) electrons. The summed E-state index contributed by atoms with van der Waals surface area (Å²) in [6.45, 7) is 10.4. The van der Waals surface area contributed by atoms with Crippen molar-refractivity contribution in [2.24, 2.45) is 5.92 Å². The van der Waals surface area contributed by atoms with Gasteiger partial charge in [0.2, 0.25) is 0 Å². The van der Waals surface area contributed by atoms with Crippen molar-refractivity contribution in [3.05, 3.63) is 35.9 Å². The molecular formula is C16H26N2. The summed E-state index contributed by atoms with van der Waals surface area (Å²) in [5.74, 6) is 0.802. The Morgan fingerprint density at radius 3 is 2.67 bits per heavy atom. The highest BCUT2D eigenvalue weighted by molar-refractivity contribution is 5.18. The maximum Gasteiger partial charge on any atom is 0.0320 e. The van der Waals surface area contributed by atoms with Crippen LogP contribution in [0.5, 0.6) is 0 Å². The van der Waals surface area contributed by atoms with E-state index in [0.29, 0.717) is 12.1 Å². The first-order valence-corrected chi connectivity index (χ1v) is 7.24. The van der Waals surface area contributed by atoms with Crippen LogP contribution in [-0.2, 0) is 0 Å². The van der Waals surface area contributed by atoms with Crippen molar-refractivity contribution in [2.45, 2.75) is 39.3 Å². The second-order valence-electron chi connectivity index (χ2n) is 5.48. The van der Waals surface area contributed by atoms with Gasteiger partial charge in [-0.2, -0.15) is 0 Å². The summed E-state index contributed by atoms with van der Waals surface area (Å²) in [4.78, 5) is 2.62. The maximum atomic E-state index is 3.56. The van der Waals surface area contributed by atoms with Gasteiger partial charge in [0.05, 0.1) is 0 Å². The largest absolute Gasteiger partial charge is 0.314 e. The monoisotopic (exact) mass is 246 g/mol. The first-order chi connectivity index (χ1) is 8.72. The molecule has 2 nitrogen and oxygen atoms in total. The molecule has 0 spiro atoms. The standard InChI is InChI=1S/C16H26N2/c1-4-17-13(2)16-10-11-18(12-16)14(3)15-8-6-5-7-9-15/h5-9,13-14,16-17H,4,10-12H2,1-3H3/t13-,14+,16+/m1/s1. The third kappa shape index (κ3) is 3.12. The van der Waals surface area contributed by atoms with Crippen molar-refractivity contribution in [3.63, 3.8) is 0 Å². The van der Waals surface area contributed by atoms with Gasteiger partial charge in [-0.1, -0.05) is 37.3 Å². The minimum atomic E-state index is 0.546. The van der Waals surface area contributed by atoms with Crippen LogP contribution in [-0.4, -0.2) is 30.6 Å². The maximum absolute atomic E-state index is 3.56. The van der Waals surface area contributed by atoms with Gasteiger partial charge in [0.25, 0.3) is 0 Å². The molecule has 2 heteroatoms. The Bertz CT molecular complexity index is 349. The molecule has 100 valence electrons. The van der Waals surface area contributed by atoms with Crippen LogP contribution in [0.1, 0.15) is 38.8 Å². The summed E-state index contributed by atoms with van der Waals surface area (Å²) in [6.07, 6.45) is 1.32. The van der Waals surface area contributed by atoms with Crippen LogP contribution in [0, 0.1) is 5.92 Å². The lowest BCUT2D eigenvalue weighted by Crippen LogP contribution is -2.35. The molecule has 1 aromatic rings. The van der Waals surface area contributed by atoms with Crippen molar-refractivity contribution in [3.8, 4) is 0 Å². The summed E-state index contributed by atoms with van der Waals surface area (Å²) in [5.41, 5.74) is 1.44. The summed E-state index contributed by atoms with van der Waals surface area (Å²) in [5, 5.41) is 3.56. The predicted octanol–water partition coefficient (Wildman–Crippen LogP) is 3.07. The van der Waals surface area contributed by atoms with Crippen LogP contribution in [0.15, 0.2) is 30.3 Å². The van der Waals surface area contributed by atoms with E-state index in [2.05, 4.69) is 61.3 Å². The molecule has 1 N–H and O–H groups in total. The quantitative estimate of drug-likeness (QED) is 0.859. The summed E-state index contributed by atoms with van der Waals surface area (Å²) in [6, 6.07) is 12.0. The van der Waals surface area contributed by atoms with Gasteiger partial charge in [0.1, 0.15) is 0 Å². The van der Waals surface area contributed by atoms with Crippen LogP contribution in [0.4, 0.5) is 0 Å². The lowest BCUT2D eigenvalue weighted by Gasteiger charge is -2.26. The second kappa shape index (κ2) is 6.35. The van der Waals surface area contributed by atoms with Gasteiger partial charge in [0.15, 0.2) is 0 Å². The number of nitrogens with one attached hydrogen (secondary N) is 1. The molecule has 1 saturated heterocycles. The predicted molar refractivity (Wildman–Crippen MR) is 77.7 cm³/mol. The van der Waals surface area contributed by atoms with E-state index in [1.807, 2.05) is 0 Å². The first-order valence-electron chi connectivity index (χ1n) is 7.24. The number of benzene rings is 1. The van der Waals surface area contributed by atoms with E-state index in [4.69, 9.17) is 0 Å². The third-order valence-corrected chi connectivity index (χ3v) is 4.32. The zero-order chi connectivity index (χ0) is 13.0. The second-order valence-corrected chi connectivity index (χ2v) is 5.48. The smallest absolute Gasteiger partial charge is 0.0320 e. The lowest BCUT2D eigenvalue weighted by atomic mass is 10.0. The molecule has 1 aliphatic rings. The summed E-state index contributed by atoms with van der Waals surface area (Å²) >= 11 is 0. The van der Waals surface area contributed by atoms with Crippen LogP contribution in [0.3, 0.4) is 0 Å². The molecule has 3 atom stereocenters.